The molecule has 3 heteroatoms. The maximum Gasteiger partial charge on any atom is 0.164 e. The molecule has 0 saturated carbocycles. The summed E-state index contributed by atoms with van der Waals surface area (Å²) < 4.78 is 5.40. The van der Waals surface area contributed by atoms with E-state index < -0.39 is 0 Å². The van der Waals surface area contributed by atoms with Crippen LogP contribution in [0.4, 0.5) is 0 Å². The second-order valence-corrected chi connectivity index (χ2v) is 4.68. The van der Waals surface area contributed by atoms with Crippen molar-refractivity contribution in [3.05, 3.63) is 40.4 Å². The lowest BCUT2D eigenvalue weighted by Gasteiger charge is -2.03. The van der Waals surface area contributed by atoms with Gasteiger partial charge in [0.1, 0.15) is 0 Å². The summed E-state index contributed by atoms with van der Waals surface area (Å²) in [6, 6.07) is 7.45. The predicted molar refractivity (Wildman–Crippen MR) is 62.3 cm³/mol. The summed E-state index contributed by atoms with van der Waals surface area (Å²) in [5.74, 6) is 0.559. The average Bonchev–Trinajstić information content (AvgIpc) is 2.79. The van der Waals surface area contributed by atoms with Crippen LogP contribution in [0.15, 0.2) is 29.8 Å². The molecule has 0 bridgehead atoms. The topological polar surface area (TPSA) is 26.3 Å². The van der Waals surface area contributed by atoms with Gasteiger partial charge in [-0.15, -0.1) is 0 Å². The molecule has 2 aliphatic rings. The summed E-state index contributed by atoms with van der Waals surface area (Å²) in [5, 5.41) is 0.694. The maximum atomic E-state index is 11.9. The highest BCUT2D eigenvalue weighted by atomic mass is 35.5. The Kier molecular flexibility index (Phi) is 2.34. The molecule has 1 heterocycles. The van der Waals surface area contributed by atoms with E-state index in [1.165, 1.54) is 5.57 Å². The SMILES string of the molecule is O=C1C[C@@H]2COCC2=C1c1ccc(Cl)cc1. The van der Waals surface area contributed by atoms with Crippen molar-refractivity contribution in [2.24, 2.45) is 5.92 Å². The zero-order valence-electron chi connectivity index (χ0n) is 8.70. The monoisotopic (exact) mass is 234 g/mol. The summed E-state index contributed by atoms with van der Waals surface area (Å²) in [7, 11) is 0. The van der Waals surface area contributed by atoms with Crippen molar-refractivity contribution < 1.29 is 9.53 Å². The Morgan fingerprint density at radius 1 is 1.25 bits per heavy atom. The van der Waals surface area contributed by atoms with Crippen molar-refractivity contribution in [1.82, 2.24) is 0 Å². The zero-order chi connectivity index (χ0) is 11.1. The first-order valence-corrected chi connectivity index (χ1v) is 5.73. The van der Waals surface area contributed by atoms with E-state index in [0.29, 0.717) is 30.6 Å². The van der Waals surface area contributed by atoms with E-state index in [4.69, 9.17) is 16.3 Å². The number of carbonyl (C=O) groups excluding carboxylic acids is 1. The minimum atomic E-state index is 0.241. The second-order valence-electron chi connectivity index (χ2n) is 4.25. The minimum absolute atomic E-state index is 0.241. The van der Waals surface area contributed by atoms with Crippen LogP contribution >= 0.6 is 11.6 Å². The van der Waals surface area contributed by atoms with Gasteiger partial charge in [0.25, 0.3) is 0 Å². The standard InChI is InChI=1S/C13H11ClO2/c14-10-3-1-8(2-4-10)13-11-7-16-6-9(11)5-12(13)15/h1-4,9H,5-7H2/t9-/m1/s1. The molecule has 0 N–H and O–H groups in total. The Morgan fingerprint density at radius 3 is 2.75 bits per heavy atom. The molecule has 3 rings (SSSR count). The van der Waals surface area contributed by atoms with Crippen LogP contribution in [0.3, 0.4) is 0 Å². The van der Waals surface area contributed by atoms with Gasteiger partial charge in [-0.2, -0.15) is 0 Å². The number of ether oxygens (including phenoxy) is 1. The third-order valence-corrected chi connectivity index (χ3v) is 3.49. The van der Waals surface area contributed by atoms with Crippen LogP contribution in [-0.4, -0.2) is 19.0 Å². The van der Waals surface area contributed by atoms with Crippen LogP contribution in [-0.2, 0) is 9.53 Å². The Bertz CT molecular complexity index is 473. The number of halogens is 1. The number of allylic oxidation sites excluding steroid dienone is 1. The number of Topliss-reactive ketones (excluding diaryl/α,β-unsaturated/α-hetero) is 1. The van der Waals surface area contributed by atoms with Crippen molar-refractivity contribution in [1.29, 1.82) is 0 Å². The Balaban J connectivity index is 2.08. The van der Waals surface area contributed by atoms with E-state index in [0.717, 1.165) is 11.1 Å². The highest BCUT2D eigenvalue weighted by Gasteiger charge is 2.36. The normalized spacial score (nSPS) is 24.1. The lowest BCUT2D eigenvalue weighted by molar-refractivity contribution is -0.113. The van der Waals surface area contributed by atoms with Crippen molar-refractivity contribution in [3.63, 3.8) is 0 Å². The van der Waals surface area contributed by atoms with E-state index in [1.54, 1.807) is 0 Å². The van der Waals surface area contributed by atoms with Gasteiger partial charge in [-0.05, 0) is 23.3 Å². The van der Waals surface area contributed by atoms with Crippen LogP contribution in [0.5, 0.6) is 0 Å². The molecular formula is C13H11ClO2. The Hall–Kier alpha value is -1.12. The highest BCUT2D eigenvalue weighted by Crippen LogP contribution is 2.39. The largest absolute Gasteiger partial charge is 0.376 e. The van der Waals surface area contributed by atoms with E-state index in [2.05, 4.69) is 0 Å². The quantitative estimate of drug-likeness (QED) is 0.747. The van der Waals surface area contributed by atoms with Crippen LogP contribution in [0.25, 0.3) is 5.57 Å². The van der Waals surface area contributed by atoms with Gasteiger partial charge in [-0.25, -0.2) is 0 Å². The maximum absolute atomic E-state index is 11.9. The molecule has 1 aromatic carbocycles. The van der Waals surface area contributed by atoms with Crippen molar-refractivity contribution in [2.75, 3.05) is 13.2 Å². The minimum Gasteiger partial charge on any atom is -0.376 e. The molecular weight excluding hydrogens is 224 g/mol. The molecule has 82 valence electrons. The fourth-order valence-electron chi connectivity index (χ4n) is 2.46. The molecule has 0 unspecified atom stereocenters. The van der Waals surface area contributed by atoms with Gasteiger partial charge >= 0.3 is 0 Å². The van der Waals surface area contributed by atoms with Crippen molar-refractivity contribution >= 4 is 23.0 Å². The van der Waals surface area contributed by atoms with Gasteiger partial charge in [0.2, 0.25) is 0 Å². The fourth-order valence-corrected chi connectivity index (χ4v) is 2.58. The first-order chi connectivity index (χ1) is 7.75. The molecule has 2 nitrogen and oxygen atoms in total. The number of hydrogen-bond acceptors (Lipinski definition) is 2. The second kappa shape index (κ2) is 3.72. The Labute approximate surface area is 98.9 Å². The molecule has 0 aromatic heterocycles. The Morgan fingerprint density at radius 2 is 2.00 bits per heavy atom. The van der Waals surface area contributed by atoms with Crippen LogP contribution in [0.1, 0.15) is 12.0 Å². The number of rotatable bonds is 1. The number of benzene rings is 1. The molecule has 16 heavy (non-hydrogen) atoms. The van der Waals surface area contributed by atoms with Crippen molar-refractivity contribution in [2.45, 2.75) is 6.42 Å². The van der Waals surface area contributed by atoms with E-state index in [9.17, 15) is 4.79 Å². The summed E-state index contributed by atoms with van der Waals surface area (Å²) in [4.78, 5) is 11.9. The number of hydrogen-bond donors (Lipinski definition) is 0. The molecule has 0 amide bonds. The molecule has 1 fully saturated rings. The third kappa shape index (κ3) is 1.49. The van der Waals surface area contributed by atoms with Gasteiger partial charge in [-0.3, -0.25) is 4.79 Å². The van der Waals surface area contributed by atoms with E-state index in [1.807, 2.05) is 24.3 Å². The summed E-state index contributed by atoms with van der Waals surface area (Å²) in [6.07, 6.45) is 0.604. The smallest absolute Gasteiger partial charge is 0.164 e. The lowest BCUT2D eigenvalue weighted by atomic mass is 10.0. The molecule has 1 aliphatic carbocycles. The molecule has 1 aromatic rings. The van der Waals surface area contributed by atoms with Gasteiger partial charge < -0.3 is 4.74 Å². The third-order valence-electron chi connectivity index (χ3n) is 3.23. The molecule has 0 radical (unpaired) electrons. The van der Waals surface area contributed by atoms with Crippen LogP contribution in [0, 0.1) is 5.92 Å². The van der Waals surface area contributed by atoms with Gasteiger partial charge in [0.15, 0.2) is 5.78 Å². The number of carbonyl (C=O) groups is 1. The van der Waals surface area contributed by atoms with E-state index in [-0.39, 0.29) is 5.78 Å². The summed E-state index contributed by atoms with van der Waals surface area (Å²) in [6.45, 7) is 1.30. The number of fused-ring (bicyclic) bond motifs is 1. The summed E-state index contributed by atoms with van der Waals surface area (Å²) >= 11 is 5.84. The number of ketones is 1. The van der Waals surface area contributed by atoms with Crippen LogP contribution < -0.4 is 0 Å². The van der Waals surface area contributed by atoms with E-state index >= 15 is 0 Å². The molecule has 0 spiro atoms. The average molecular weight is 235 g/mol. The highest BCUT2D eigenvalue weighted by molar-refractivity contribution is 6.31. The first kappa shape index (κ1) is 10.1. The first-order valence-electron chi connectivity index (χ1n) is 5.35. The molecule has 1 saturated heterocycles. The van der Waals surface area contributed by atoms with Crippen molar-refractivity contribution in [3.8, 4) is 0 Å². The molecule has 1 atom stereocenters. The molecule has 1 aliphatic heterocycles. The van der Waals surface area contributed by atoms with Gasteiger partial charge in [0.05, 0.1) is 13.2 Å². The van der Waals surface area contributed by atoms with Gasteiger partial charge in [-0.1, -0.05) is 23.7 Å². The van der Waals surface area contributed by atoms with Crippen LogP contribution in [0.2, 0.25) is 5.02 Å². The summed E-state index contributed by atoms with van der Waals surface area (Å²) in [5.41, 5.74) is 3.00. The fraction of sp³-hybridized carbons (Fsp3) is 0.308. The van der Waals surface area contributed by atoms with Gasteiger partial charge in [0, 0.05) is 22.9 Å². The lowest BCUT2D eigenvalue weighted by Crippen LogP contribution is -2.01. The predicted octanol–water partition coefficient (Wildman–Crippen LogP) is 2.71. The zero-order valence-corrected chi connectivity index (χ0v) is 9.46.